The van der Waals surface area contributed by atoms with E-state index < -0.39 is 101 Å². The van der Waals surface area contributed by atoms with Crippen LogP contribution in [0.3, 0.4) is 0 Å². The second kappa shape index (κ2) is 12.7. The molecule has 2 saturated heterocycles. The number of aliphatic hydroxyl groups excluding tert-OH is 5. The van der Waals surface area contributed by atoms with Gasteiger partial charge in [-0.1, -0.05) is 60.1 Å². The van der Waals surface area contributed by atoms with Gasteiger partial charge in [-0.25, -0.2) is 0 Å². The topological polar surface area (TPSA) is 192 Å². The van der Waals surface area contributed by atoms with Crippen LogP contribution in [0.2, 0.25) is 0 Å². The Hall–Kier alpha value is -1.64. The molecule has 12 heteroatoms. The molecule has 2 heterocycles. The van der Waals surface area contributed by atoms with Crippen molar-refractivity contribution in [3.63, 3.8) is 0 Å². The molecule has 284 valence electrons. The van der Waals surface area contributed by atoms with Crippen molar-refractivity contribution in [2.75, 3.05) is 13.2 Å². The number of ether oxygens (including phenoxy) is 4. The lowest BCUT2D eigenvalue weighted by Gasteiger charge is -2.71. The summed E-state index contributed by atoms with van der Waals surface area (Å²) in [4.78, 5) is 26.1. The van der Waals surface area contributed by atoms with E-state index in [1.165, 1.54) is 6.92 Å². The molecule has 3 saturated carbocycles. The monoisotopic (exact) mass is 708 g/mol. The van der Waals surface area contributed by atoms with E-state index in [9.17, 15) is 40.2 Å². The minimum absolute atomic E-state index is 0.0419. The molecule has 0 amide bonds. The average Bonchev–Trinajstić information content (AvgIpc) is 3.04. The first-order valence-corrected chi connectivity index (χ1v) is 18.6. The van der Waals surface area contributed by atoms with Gasteiger partial charge < -0.3 is 49.6 Å². The molecule has 0 aromatic rings. The maximum atomic E-state index is 13.4. The van der Waals surface area contributed by atoms with E-state index in [1.807, 2.05) is 6.92 Å². The fraction of sp³-hybridized carbons (Fsp3) is 0.895. The molecule has 17 atom stereocenters. The number of carboxylic acids is 1. The highest BCUT2D eigenvalue weighted by Gasteiger charge is 2.74. The number of carboxylic acid groups (broad SMARTS) is 1. The lowest BCUT2D eigenvalue weighted by atomic mass is 9.34. The van der Waals surface area contributed by atoms with Gasteiger partial charge in [0, 0.05) is 24.2 Å². The molecule has 6 rings (SSSR count). The summed E-state index contributed by atoms with van der Waals surface area (Å²) in [6.07, 6.45) is -4.59. The maximum absolute atomic E-state index is 13.4. The summed E-state index contributed by atoms with van der Waals surface area (Å²) in [6, 6.07) is 0. The van der Waals surface area contributed by atoms with E-state index >= 15 is 0 Å². The van der Waals surface area contributed by atoms with Crippen LogP contribution in [0.15, 0.2) is 11.6 Å². The van der Waals surface area contributed by atoms with Crippen LogP contribution < -0.4 is 0 Å². The molecular formula is C38H60O12. The first-order chi connectivity index (χ1) is 23.2. The number of fused-ring (bicyclic) bond motifs is 3. The number of esters is 1. The van der Waals surface area contributed by atoms with Gasteiger partial charge in [-0.2, -0.15) is 0 Å². The van der Waals surface area contributed by atoms with E-state index in [0.717, 1.165) is 24.8 Å². The quantitative estimate of drug-likeness (QED) is 0.129. The molecule has 2 bridgehead atoms. The molecule has 5 fully saturated rings. The van der Waals surface area contributed by atoms with Gasteiger partial charge in [0.2, 0.25) is 0 Å². The molecule has 0 spiro atoms. The summed E-state index contributed by atoms with van der Waals surface area (Å²) in [7, 11) is 0. The van der Waals surface area contributed by atoms with Crippen molar-refractivity contribution in [3.05, 3.63) is 11.6 Å². The van der Waals surface area contributed by atoms with Gasteiger partial charge in [-0.15, -0.1) is 0 Å². The van der Waals surface area contributed by atoms with Gasteiger partial charge in [-0.05, 0) is 72.0 Å². The van der Waals surface area contributed by atoms with Crippen molar-refractivity contribution < 1.29 is 59.2 Å². The largest absolute Gasteiger partial charge is 0.481 e. The predicted molar refractivity (Wildman–Crippen MR) is 179 cm³/mol. The Bertz CT molecular complexity index is 1370. The third-order valence-corrected chi connectivity index (χ3v) is 15.6. The second-order valence-corrected chi connectivity index (χ2v) is 18.0. The predicted octanol–water partition coefficient (Wildman–Crippen LogP) is 3.01. The van der Waals surface area contributed by atoms with E-state index in [4.69, 9.17) is 18.9 Å². The molecular weight excluding hydrogens is 648 g/mol. The number of carbonyl (C=O) groups is 2. The van der Waals surface area contributed by atoms with Gasteiger partial charge in [0.1, 0.15) is 36.6 Å². The molecule has 12 nitrogen and oxygen atoms in total. The number of hydrogen-bond donors (Lipinski definition) is 6. The van der Waals surface area contributed by atoms with Crippen LogP contribution >= 0.6 is 0 Å². The van der Waals surface area contributed by atoms with Crippen LogP contribution in [0.4, 0.5) is 0 Å². The first kappa shape index (κ1) is 38.1. The molecule has 6 N–H and O–H groups in total. The average molecular weight is 709 g/mol. The second-order valence-electron chi connectivity index (χ2n) is 18.0. The summed E-state index contributed by atoms with van der Waals surface area (Å²) < 4.78 is 24.5. The van der Waals surface area contributed by atoms with Crippen molar-refractivity contribution in [2.45, 2.75) is 143 Å². The summed E-state index contributed by atoms with van der Waals surface area (Å²) in [5.74, 6) is -1.61. The fourth-order valence-corrected chi connectivity index (χ4v) is 12.5. The minimum Gasteiger partial charge on any atom is -0.481 e. The van der Waals surface area contributed by atoms with E-state index in [-0.39, 0.29) is 30.8 Å². The highest BCUT2D eigenvalue weighted by molar-refractivity contribution is 5.73. The summed E-state index contributed by atoms with van der Waals surface area (Å²) in [5.41, 5.74) is -2.15. The van der Waals surface area contributed by atoms with Crippen LogP contribution in [0, 0.1) is 56.7 Å². The molecule has 0 radical (unpaired) electrons. The molecule has 4 unspecified atom stereocenters. The first-order valence-electron chi connectivity index (χ1n) is 18.6. The van der Waals surface area contributed by atoms with E-state index in [0.29, 0.717) is 18.8 Å². The van der Waals surface area contributed by atoms with Crippen LogP contribution in [-0.4, -0.2) is 105 Å². The number of carbonyl (C=O) groups excluding carboxylic acids is 1. The third-order valence-electron chi connectivity index (χ3n) is 15.6. The van der Waals surface area contributed by atoms with Crippen LogP contribution in [-0.2, 0) is 28.5 Å². The normalized spacial score (nSPS) is 52.2. The summed E-state index contributed by atoms with van der Waals surface area (Å²) in [6.45, 7) is 15.8. The lowest BCUT2D eigenvalue weighted by Crippen LogP contribution is -2.73. The Kier molecular flexibility index (Phi) is 9.71. The Morgan fingerprint density at radius 3 is 2.26 bits per heavy atom. The number of aliphatic hydroxyl groups is 5. The Labute approximate surface area is 295 Å². The third kappa shape index (κ3) is 5.13. The highest BCUT2D eigenvalue weighted by Crippen LogP contribution is 2.75. The molecule has 2 aliphatic heterocycles. The van der Waals surface area contributed by atoms with Crippen molar-refractivity contribution in [2.24, 2.45) is 56.7 Å². The Morgan fingerprint density at radius 1 is 0.980 bits per heavy atom. The SMILES string of the molecule is CC(=O)O[C@@H]1C[C@]23C4=CC[C@@]5(C)[C@H](C(=O)O)[C@@](C)([C@H](C)C(C)C)CC[C@]5(C)[C@H]4CC[C@H]2[C@](C)(COC3O)[C@H]1O[C@@H]1OC(CO)[C@@H](O)C(O)C1O. The van der Waals surface area contributed by atoms with Crippen molar-refractivity contribution in [3.8, 4) is 0 Å². The Morgan fingerprint density at radius 2 is 1.66 bits per heavy atom. The smallest absolute Gasteiger partial charge is 0.307 e. The van der Waals surface area contributed by atoms with E-state index in [2.05, 4.69) is 47.6 Å². The van der Waals surface area contributed by atoms with Gasteiger partial charge >= 0.3 is 11.9 Å². The maximum Gasteiger partial charge on any atom is 0.307 e. The highest BCUT2D eigenvalue weighted by atomic mass is 16.7. The van der Waals surface area contributed by atoms with Gasteiger partial charge in [0.25, 0.3) is 0 Å². The van der Waals surface area contributed by atoms with Gasteiger partial charge in [-0.3, -0.25) is 9.59 Å². The molecule has 4 aliphatic carbocycles. The zero-order valence-electron chi connectivity index (χ0n) is 30.9. The van der Waals surface area contributed by atoms with Crippen molar-refractivity contribution in [1.82, 2.24) is 0 Å². The van der Waals surface area contributed by atoms with Crippen molar-refractivity contribution in [1.29, 1.82) is 0 Å². The number of hydrogen-bond acceptors (Lipinski definition) is 11. The number of allylic oxidation sites excluding steroid dienone is 1. The molecule has 0 aromatic heterocycles. The summed E-state index contributed by atoms with van der Waals surface area (Å²) in [5, 5.41) is 64.6. The molecule has 50 heavy (non-hydrogen) atoms. The van der Waals surface area contributed by atoms with E-state index in [1.54, 1.807) is 0 Å². The van der Waals surface area contributed by atoms with Gasteiger partial charge in [0.15, 0.2) is 12.6 Å². The number of aliphatic carboxylic acids is 1. The summed E-state index contributed by atoms with van der Waals surface area (Å²) >= 11 is 0. The van der Waals surface area contributed by atoms with Crippen LogP contribution in [0.25, 0.3) is 0 Å². The number of rotatable bonds is 7. The fourth-order valence-electron chi connectivity index (χ4n) is 12.5. The van der Waals surface area contributed by atoms with Gasteiger partial charge in [0.05, 0.1) is 19.1 Å². The minimum atomic E-state index is -1.65. The molecule has 0 aromatic carbocycles. The van der Waals surface area contributed by atoms with Crippen LogP contribution in [0.5, 0.6) is 0 Å². The lowest BCUT2D eigenvalue weighted by molar-refractivity contribution is -0.369. The molecule has 6 aliphatic rings. The van der Waals surface area contributed by atoms with Crippen LogP contribution in [0.1, 0.15) is 93.9 Å². The standard InChI is InChI=1S/C38H60O12/c1-18(2)19(3)34(5)13-14-36(7)21-9-10-25-35(6)17-47-33(46)38(25,22(21)11-12-37(36,8)29(34)31(44)45)15-23(48-20(4)40)30(35)50-32-28(43)27(42)26(41)24(16-39)49-32/h11,18-19,21,23-30,32-33,39,41-43,46H,9-10,12-17H2,1-8H3,(H,44,45)/t19-,21+,23-,24?,25+,26-,27?,28?,29-,30+,32+,33?,34-,35+,36-,37+,38+/m1/s1. The zero-order chi connectivity index (χ0) is 36.9. The Balaban J connectivity index is 1.42. The van der Waals surface area contributed by atoms with Crippen molar-refractivity contribution >= 4 is 11.9 Å². The zero-order valence-corrected chi connectivity index (χ0v) is 30.9.